The van der Waals surface area contributed by atoms with Crippen LogP contribution >= 0.6 is 11.3 Å². The highest BCUT2D eigenvalue weighted by Crippen LogP contribution is 2.18. The number of carbonyl (C=O) groups is 2. The first-order valence-corrected chi connectivity index (χ1v) is 7.16. The first-order valence-electron chi connectivity index (χ1n) is 6.34. The highest BCUT2D eigenvalue weighted by atomic mass is 32.1. The summed E-state index contributed by atoms with van der Waals surface area (Å²) in [7, 11) is 0. The molecule has 2 heterocycles. The Bertz CT molecular complexity index is 609. The zero-order chi connectivity index (χ0) is 15.2. The number of hydrogen-bond donors (Lipinski definition) is 3. The number of aryl methyl sites for hydroxylation is 1. The van der Waals surface area contributed by atoms with Gasteiger partial charge in [-0.1, -0.05) is 0 Å². The lowest BCUT2D eigenvalue weighted by atomic mass is 10.3. The van der Waals surface area contributed by atoms with Crippen molar-refractivity contribution in [3.63, 3.8) is 0 Å². The van der Waals surface area contributed by atoms with E-state index in [0.29, 0.717) is 0 Å². The summed E-state index contributed by atoms with van der Waals surface area (Å²) in [6, 6.07) is 3.07. The van der Waals surface area contributed by atoms with Gasteiger partial charge in [0, 0.05) is 11.1 Å². The van der Waals surface area contributed by atoms with Gasteiger partial charge < -0.3 is 4.42 Å². The number of amides is 2. The van der Waals surface area contributed by atoms with E-state index >= 15 is 0 Å². The molecule has 0 saturated heterocycles. The smallest absolute Gasteiger partial charge is 0.305 e. The van der Waals surface area contributed by atoms with E-state index in [0.717, 1.165) is 9.88 Å². The van der Waals surface area contributed by atoms with Crippen LogP contribution in [-0.2, 0) is 4.79 Å². The minimum absolute atomic E-state index is 0.0322. The Morgan fingerprint density at radius 2 is 2.24 bits per heavy atom. The first-order chi connectivity index (χ1) is 10.1. The molecule has 2 aromatic heterocycles. The lowest BCUT2D eigenvalue weighted by Gasteiger charge is -2.11. The number of rotatable bonds is 5. The molecule has 0 saturated carbocycles. The summed E-state index contributed by atoms with van der Waals surface area (Å²) in [5.41, 5.74) is 4.57. The fourth-order valence-corrected chi connectivity index (χ4v) is 2.35. The van der Waals surface area contributed by atoms with Gasteiger partial charge in [-0.3, -0.25) is 25.8 Å². The molecule has 1 atom stereocenters. The molecule has 7 nitrogen and oxygen atoms in total. The number of hydrazine groups is 1. The molecular formula is C13H16N4O3S. The van der Waals surface area contributed by atoms with Gasteiger partial charge in [-0.25, -0.2) is 4.98 Å². The number of hydrogen-bond acceptors (Lipinski definition) is 6. The molecule has 8 heteroatoms. The Balaban J connectivity index is 1.71. The molecule has 2 aromatic rings. The largest absolute Gasteiger partial charge is 0.459 e. The van der Waals surface area contributed by atoms with E-state index in [4.69, 9.17) is 4.42 Å². The number of carbonyl (C=O) groups excluding carboxylic acids is 2. The summed E-state index contributed by atoms with van der Waals surface area (Å²) in [5, 5.41) is 3.95. The highest BCUT2D eigenvalue weighted by molar-refractivity contribution is 7.11. The SMILES string of the molecule is Cc1cnc(C(C)NCC(=O)NNC(=O)c2ccco2)s1. The average Bonchev–Trinajstić information content (AvgIpc) is 3.13. The molecule has 1 unspecified atom stereocenters. The molecule has 0 fully saturated rings. The second-order valence-corrected chi connectivity index (χ2v) is 5.66. The maximum atomic E-state index is 11.6. The van der Waals surface area contributed by atoms with Gasteiger partial charge in [-0.2, -0.15) is 0 Å². The molecule has 0 radical (unpaired) electrons. The standard InChI is InChI=1S/C13H16N4O3S/c1-8-6-15-13(21-8)9(2)14-7-11(18)16-17-12(19)10-4-3-5-20-10/h3-6,9,14H,7H2,1-2H3,(H,16,18)(H,17,19). The van der Waals surface area contributed by atoms with Crippen molar-refractivity contribution in [3.8, 4) is 0 Å². The van der Waals surface area contributed by atoms with E-state index in [1.807, 2.05) is 13.8 Å². The number of nitrogens with one attached hydrogen (secondary N) is 3. The van der Waals surface area contributed by atoms with E-state index in [1.54, 1.807) is 23.6 Å². The average molecular weight is 308 g/mol. The number of aromatic nitrogens is 1. The van der Waals surface area contributed by atoms with Gasteiger partial charge in [0.1, 0.15) is 5.01 Å². The third-order valence-corrected chi connectivity index (χ3v) is 3.73. The van der Waals surface area contributed by atoms with Crippen LogP contribution in [0.1, 0.15) is 33.4 Å². The zero-order valence-corrected chi connectivity index (χ0v) is 12.5. The molecular weight excluding hydrogens is 292 g/mol. The fourth-order valence-electron chi connectivity index (χ4n) is 1.55. The highest BCUT2D eigenvalue weighted by Gasteiger charge is 2.12. The fraction of sp³-hybridized carbons (Fsp3) is 0.308. The Morgan fingerprint density at radius 3 is 2.86 bits per heavy atom. The minimum atomic E-state index is -0.503. The Kier molecular flexibility index (Phi) is 5.07. The van der Waals surface area contributed by atoms with Crippen LogP contribution in [0.25, 0.3) is 0 Å². The van der Waals surface area contributed by atoms with Gasteiger partial charge in [0.25, 0.3) is 5.91 Å². The van der Waals surface area contributed by atoms with Crippen LogP contribution < -0.4 is 16.2 Å². The van der Waals surface area contributed by atoms with Crippen molar-refractivity contribution >= 4 is 23.2 Å². The molecule has 0 spiro atoms. The molecule has 0 aliphatic heterocycles. The molecule has 2 amide bonds. The number of nitrogens with zero attached hydrogens (tertiary/aromatic N) is 1. The van der Waals surface area contributed by atoms with E-state index in [2.05, 4.69) is 21.2 Å². The van der Waals surface area contributed by atoms with Crippen molar-refractivity contribution in [1.82, 2.24) is 21.2 Å². The second-order valence-electron chi connectivity index (χ2n) is 4.39. The predicted molar refractivity (Wildman–Crippen MR) is 77.6 cm³/mol. The van der Waals surface area contributed by atoms with Crippen LogP contribution in [0, 0.1) is 6.92 Å². The maximum absolute atomic E-state index is 11.6. The van der Waals surface area contributed by atoms with E-state index in [1.165, 1.54) is 12.3 Å². The van der Waals surface area contributed by atoms with Crippen molar-refractivity contribution in [2.75, 3.05) is 6.54 Å². The van der Waals surface area contributed by atoms with Crippen molar-refractivity contribution < 1.29 is 14.0 Å². The topological polar surface area (TPSA) is 96.3 Å². The second kappa shape index (κ2) is 7.00. The van der Waals surface area contributed by atoms with Gasteiger partial charge in [0.05, 0.1) is 18.8 Å². The third kappa shape index (κ3) is 4.40. The van der Waals surface area contributed by atoms with Crippen molar-refractivity contribution in [3.05, 3.63) is 40.2 Å². The molecule has 0 aliphatic rings. The predicted octanol–water partition coefficient (Wildman–Crippen LogP) is 1.16. The number of thiazole rings is 1. The van der Waals surface area contributed by atoms with Gasteiger partial charge >= 0.3 is 5.91 Å². The van der Waals surface area contributed by atoms with E-state index in [9.17, 15) is 9.59 Å². The molecule has 3 N–H and O–H groups in total. The minimum Gasteiger partial charge on any atom is -0.459 e. The Hall–Kier alpha value is -2.19. The molecule has 0 bridgehead atoms. The third-order valence-electron chi connectivity index (χ3n) is 2.64. The van der Waals surface area contributed by atoms with Crippen LogP contribution in [0.3, 0.4) is 0 Å². The Labute approximate surface area is 125 Å². The van der Waals surface area contributed by atoms with Crippen LogP contribution in [0.2, 0.25) is 0 Å². The summed E-state index contributed by atoms with van der Waals surface area (Å²) in [5.74, 6) is -0.720. The normalized spacial score (nSPS) is 11.9. The lowest BCUT2D eigenvalue weighted by molar-refractivity contribution is -0.121. The van der Waals surface area contributed by atoms with E-state index in [-0.39, 0.29) is 24.3 Å². The van der Waals surface area contributed by atoms with Crippen LogP contribution in [0.4, 0.5) is 0 Å². The van der Waals surface area contributed by atoms with Gasteiger partial charge in [0.15, 0.2) is 5.76 Å². The van der Waals surface area contributed by atoms with Crippen molar-refractivity contribution in [2.24, 2.45) is 0 Å². The van der Waals surface area contributed by atoms with Crippen molar-refractivity contribution in [2.45, 2.75) is 19.9 Å². The van der Waals surface area contributed by atoms with Gasteiger partial charge in [-0.05, 0) is 26.0 Å². The first kappa shape index (κ1) is 15.2. The summed E-state index contributed by atoms with van der Waals surface area (Å²) in [6.45, 7) is 3.97. The Morgan fingerprint density at radius 1 is 1.43 bits per heavy atom. The summed E-state index contributed by atoms with van der Waals surface area (Å²) < 4.78 is 4.90. The molecule has 112 valence electrons. The molecule has 21 heavy (non-hydrogen) atoms. The van der Waals surface area contributed by atoms with Gasteiger partial charge in [-0.15, -0.1) is 11.3 Å². The van der Waals surface area contributed by atoms with Crippen LogP contribution in [0.5, 0.6) is 0 Å². The maximum Gasteiger partial charge on any atom is 0.305 e. The van der Waals surface area contributed by atoms with Crippen LogP contribution in [-0.4, -0.2) is 23.3 Å². The summed E-state index contributed by atoms with van der Waals surface area (Å²) in [6.07, 6.45) is 3.18. The van der Waals surface area contributed by atoms with Gasteiger partial charge in [0.2, 0.25) is 0 Å². The zero-order valence-electron chi connectivity index (χ0n) is 11.7. The summed E-state index contributed by atoms with van der Waals surface area (Å²) >= 11 is 1.58. The molecule has 0 aromatic carbocycles. The number of furan rings is 1. The summed E-state index contributed by atoms with van der Waals surface area (Å²) in [4.78, 5) is 28.5. The van der Waals surface area contributed by atoms with Crippen LogP contribution in [0.15, 0.2) is 29.0 Å². The quantitative estimate of drug-likeness (QED) is 0.720. The van der Waals surface area contributed by atoms with Crippen molar-refractivity contribution in [1.29, 1.82) is 0 Å². The van der Waals surface area contributed by atoms with E-state index < -0.39 is 5.91 Å². The molecule has 0 aliphatic carbocycles. The molecule has 2 rings (SSSR count). The monoisotopic (exact) mass is 308 g/mol. The lowest BCUT2D eigenvalue weighted by Crippen LogP contribution is -2.45.